The molecule has 1 heterocycles. The number of piperazine rings is 1. The van der Waals surface area contributed by atoms with Crippen LogP contribution in [-0.4, -0.2) is 66.1 Å². The van der Waals surface area contributed by atoms with E-state index in [-0.39, 0.29) is 0 Å². The third kappa shape index (κ3) is 3.85. The molecule has 2 bridgehead atoms. The Bertz CT molecular complexity index is 534. The summed E-state index contributed by atoms with van der Waals surface area (Å²) < 4.78 is 0. The molecule has 2 atom stereocenters. The Hall–Kier alpha value is -0.900. The maximum Gasteiger partial charge on any atom is 0.0234 e. The van der Waals surface area contributed by atoms with Gasteiger partial charge in [-0.15, -0.1) is 0 Å². The van der Waals surface area contributed by atoms with Gasteiger partial charge in [0, 0.05) is 44.8 Å². The van der Waals surface area contributed by atoms with Crippen molar-refractivity contribution in [1.29, 1.82) is 0 Å². The number of nitrogens with zero attached hydrogens (tertiary/aromatic N) is 3. The van der Waals surface area contributed by atoms with Crippen molar-refractivity contribution in [1.82, 2.24) is 14.7 Å². The molecule has 0 aromatic heterocycles. The molecular weight excluding hydrogens is 318 g/mol. The van der Waals surface area contributed by atoms with Gasteiger partial charge in [0.15, 0.2) is 0 Å². The van der Waals surface area contributed by atoms with Crippen molar-refractivity contribution in [3.8, 4) is 0 Å². The van der Waals surface area contributed by atoms with Crippen LogP contribution in [0.25, 0.3) is 0 Å². The fourth-order valence-corrected chi connectivity index (χ4v) is 6.13. The second-order valence-corrected chi connectivity index (χ2v) is 8.73. The quantitative estimate of drug-likeness (QED) is 0.770. The lowest BCUT2D eigenvalue weighted by atomic mass is 9.79. The Morgan fingerprint density at radius 1 is 0.885 bits per heavy atom. The van der Waals surface area contributed by atoms with Crippen LogP contribution in [0.15, 0.2) is 30.3 Å². The van der Waals surface area contributed by atoms with Gasteiger partial charge in [-0.3, -0.25) is 9.80 Å². The minimum absolute atomic E-state index is 0.859. The smallest absolute Gasteiger partial charge is 0.0234 e. The second-order valence-electron chi connectivity index (χ2n) is 8.73. The van der Waals surface area contributed by atoms with Crippen molar-refractivity contribution in [2.24, 2.45) is 11.8 Å². The van der Waals surface area contributed by atoms with Gasteiger partial charge in [-0.2, -0.15) is 0 Å². The first-order valence-electron chi connectivity index (χ1n) is 11.0. The van der Waals surface area contributed by atoms with Gasteiger partial charge in [0.2, 0.25) is 0 Å². The lowest BCUT2D eigenvalue weighted by Gasteiger charge is -2.47. The normalized spacial score (nSPS) is 33.0. The third-order valence-corrected chi connectivity index (χ3v) is 7.43. The molecule has 1 aromatic rings. The van der Waals surface area contributed by atoms with E-state index < -0.39 is 0 Å². The molecule has 2 saturated carbocycles. The zero-order valence-electron chi connectivity index (χ0n) is 16.8. The third-order valence-electron chi connectivity index (χ3n) is 7.43. The number of benzene rings is 1. The van der Waals surface area contributed by atoms with Crippen molar-refractivity contribution in [2.75, 3.05) is 39.3 Å². The van der Waals surface area contributed by atoms with Gasteiger partial charge in [0.25, 0.3) is 0 Å². The highest BCUT2D eigenvalue weighted by molar-refractivity contribution is 5.14. The molecule has 1 saturated heterocycles. The summed E-state index contributed by atoms with van der Waals surface area (Å²) in [5.74, 6) is 1.92. The summed E-state index contributed by atoms with van der Waals surface area (Å²) in [5, 5.41) is 0. The molecule has 0 amide bonds. The summed E-state index contributed by atoms with van der Waals surface area (Å²) in [5.41, 5.74) is 1.46. The van der Waals surface area contributed by atoms with Crippen LogP contribution in [0.5, 0.6) is 0 Å². The largest absolute Gasteiger partial charge is 0.300 e. The number of hydrogen-bond donors (Lipinski definition) is 0. The standard InChI is InChI=1S/C23H37N3/c1-3-25(4-2)23-20-10-11-21(23)17-22(16-20)26-14-12-24(13-15-26)18-19-8-6-5-7-9-19/h5-9,20-23H,3-4,10-18H2,1-2H3. The molecule has 2 aliphatic carbocycles. The minimum Gasteiger partial charge on any atom is -0.300 e. The first-order valence-corrected chi connectivity index (χ1v) is 11.0. The predicted octanol–water partition coefficient (Wildman–Crippen LogP) is 3.70. The van der Waals surface area contributed by atoms with Crippen LogP contribution in [0.3, 0.4) is 0 Å². The average molecular weight is 356 g/mol. The van der Waals surface area contributed by atoms with Gasteiger partial charge < -0.3 is 4.90 Å². The van der Waals surface area contributed by atoms with Gasteiger partial charge in [-0.25, -0.2) is 0 Å². The Balaban J connectivity index is 1.29. The van der Waals surface area contributed by atoms with E-state index in [0.29, 0.717) is 0 Å². The molecule has 26 heavy (non-hydrogen) atoms. The zero-order valence-corrected chi connectivity index (χ0v) is 16.8. The van der Waals surface area contributed by atoms with Crippen molar-refractivity contribution in [2.45, 2.75) is 58.2 Å². The van der Waals surface area contributed by atoms with Crippen molar-refractivity contribution < 1.29 is 0 Å². The molecule has 144 valence electrons. The molecular formula is C23H37N3. The van der Waals surface area contributed by atoms with Crippen LogP contribution in [-0.2, 0) is 6.54 Å². The SMILES string of the molecule is CCN(CC)C1C2CCC1CC(N1CCN(Cc3ccccc3)CC1)C2. The molecule has 2 unspecified atom stereocenters. The summed E-state index contributed by atoms with van der Waals surface area (Å²) in [7, 11) is 0. The maximum atomic E-state index is 2.84. The molecule has 0 radical (unpaired) electrons. The molecule has 1 aliphatic heterocycles. The first kappa shape index (κ1) is 18.5. The Labute approximate surface area is 160 Å². The lowest BCUT2D eigenvalue weighted by molar-refractivity contribution is 0.0230. The van der Waals surface area contributed by atoms with Gasteiger partial charge >= 0.3 is 0 Å². The Kier molecular flexibility index (Phi) is 5.97. The molecule has 3 aliphatic rings. The zero-order chi connectivity index (χ0) is 17.9. The van der Waals surface area contributed by atoms with Crippen LogP contribution >= 0.6 is 0 Å². The highest BCUT2D eigenvalue weighted by Crippen LogP contribution is 2.46. The highest BCUT2D eigenvalue weighted by atomic mass is 15.3. The molecule has 4 rings (SSSR count). The van der Waals surface area contributed by atoms with Crippen LogP contribution in [0.1, 0.15) is 45.1 Å². The van der Waals surface area contributed by atoms with E-state index in [1.165, 1.54) is 70.5 Å². The molecule has 0 N–H and O–H groups in total. The van der Waals surface area contributed by atoms with Gasteiger partial charge in [0.1, 0.15) is 0 Å². The van der Waals surface area contributed by atoms with E-state index >= 15 is 0 Å². The van der Waals surface area contributed by atoms with E-state index in [0.717, 1.165) is 30.5 Å². The molecule has 3 heteroatoms. The summed E-state index contributed by atoms with van der Waals surface area (Å²) in [6, 6.07) is 12.7. The monoisotopic (exact) mass is 355 g/mol. The maximum absolute atomic E-state index is 2.84. The number of hydrogen-bond acceptors (Lipinski definition) is 3. The van der Waals surface area contributed by atoms with E-state index in [9.17, 15) is 0 Å². The van der Waals surface area contributed by atoms with Crippen molar-refractivity contribution in [3.05, 3.63) is 35.9 Å². The molecule has 1 aromatic carbocycles. The van der Waals surface area contributed by atoms with Crippen LogP contribution in [0.2, 0.25) is 0 Å². The predicted molar refractivity (Wildman–Crippen MR) is 109 cm³/mol. The summed E-state index contributed by atoms with van der Waals surface area (Å²) in [4.78, 5) is 8.24. The van der Waals surface area contributed by atoms with E-state index in [2.05, 4.69) is 58.9 Å². The second kappa shape index (κ2) is 8.41. The van der Waals surface area contributed by atoms with E-state index in [4.69, 9.17) is 0 Å². The van der Waals surface area contributed by atoms with E-state index in [1.54, 1.807) is 0 Å². The van der Waals surface area contributed by atoms with Gasteiger partial charge in [-0.05, 0) is 56.2 Å². The van der Waals surface area contributed by atoms with E-state index in [1.807, 2.05) is 0 Å². The molecule has 3 nitrogen and oxygen atoms in total. The first-order chi connectivity index (χ1) is 12.8. The highest BCUT2D eigenvalue weighted by Gasteiger charge is 2.46. The Morgan fingerprint density at radius 2 is 1.50 bits per heavy atom. The topological polar surface area (TPSA) is 9.72 Å². The molecule has 0 spiro atoms. The fraction of sp³-hybridized carbons (Fsp3) is 0.739. The van der Waals surface area contributed by atoms with Crippen LogP contribution < -0.4 is 0 Å². The van der Waals surface area contributed by atoms with Crippen LogP contribution in [0.4, 0.5) is 0 Å². The fourth-order valence-electron chi connectivity index (χ4n) is 6.13. The van der Waals surface area contributed by atoms with Crippen molar-refractivity contribution >= 4 is 0 Å². The minimum atomic E-state index is 0.859. The van der Waals surface area contributed by atoms with Gasteiger partial charge in [-0.1, -0.05) is 44.2 Å². The lowest BCUT2D eigenvalue weighted by Crippen LogP contribution is -2.54. The summed E-state index contributed by atoms with van der Waals surface area (Å²) in [6.45, 7) is 13.3. The van der Waals surface area contributed by atoms with Crippen molar-refractivity contribution in [3.63, 3.8) is 0 Å². The Morgan fingerprint density at radius 3 is 2.08 bits per heavy atom. The summed E-state index contributed by atoms with van der Waals surface area (Å²) >= 11 is 0. The summed E-state index contributed by atoms with van der Waals surface area (Å²) in [6.07, 6.45) is 5.87. The van der Waals surface area contributed by atoms with Crippen LogP contribution in [0, 0.1) is 11.8 Å². The van der Waals surface area contributed by atoms with Gasteiger partial charge in [0.05, 0.1) is 0 Å². The molecule has 3 fully saturated rings. The number of rotatable bonds is 6. The number of fused-ring (bicyclic) bond motifs is 2. The average Bonchev–Trinajstić information content (AvgIpc) is 2.94.